The summed E-state index contributed by atoms with van der Waals surface area (Å²) in [6.07, 6.45) is 2.71. The molecule has 1 aliphatic heterocycles. The van der Waals surface area contributed by atoms with Crippen LogP contribution in [0.2, 0.25) is 0 Å². The lowest BCUT2D eigenvalue weighted by molar-refractivity contribution is 0.181. The molecule has 31 heavy (non-hydrogen) atoms. The van der Waals surface area contributed by atoms with Gasteiger partial charge in [0.25, 0.3) is 0 Å². The van der Waals surface area contributed by atoms with Crippen molar-refractivity contribution in [2.24, 2.45) is 4.99 Å². The van der Waals surface area contributed by atoms with Crippen LogP contribution in [-0.2, 0) is 0 Å². The number of hydrogen-bond acceptors (Lipinski definition) is 7. The van der Waals surface area contributed by atoms with Crippen LogP contribution in [0.15, 0.2) is 41.7 Å². The summed E-state index contributed by atoms with van der Waals surface area (Å²) in [6.45, 7) is 6.20. The first-order valence-corrected chi connectivity index (χ1v) is 10.1. The standard InChI is InChI=1S/C21H30N6O3.HI/c1-4-22-20(26-10-12-27(13-11-26)21-23-8-5-9-24-21)25-15-18(28)17-14-16(29-2)6-7-19(17)30-3;/h5-9,14,18,28H,4,10-13,15H2,1-3H3,(H,22,25);1H. The molecule has 0 radical (unpaired) electrons. The smallest absolute Gasteiger partial charge is 0.225 e. The number of benzene rings is 1. The van der Waals surface area contributed by atoms with Crippen molar-refractivity contribution < 1.29 is 14.6 Å². The molecule has 0 bridgehead atoms. The van der Waals surface area contributed by atoms with Gasteiger partial charge in [-0.1, -0.05) is 0 Å². The summed E-state index contributed by atoms with van der Waals surface area (Å²) in [5, 5.41) is 14.1. The molecule has 1 aliphatic rings. The maximum absolute atomic E-state index is 10.7. The molecule has 0 amide bonds. The molecular weight excluding hydrogens is 511 g/mol. The number of hydrogen-bond donors (Lipinski definition) is 2. The lowest BCUT2D eigenvalue weighted by Crippen LogP contribution is -2.53. The molecule has 10 heteroatoms. The Hall–Kier alpha value is -2.34. The minimum atomic E-state index is -0.803. The van der Waals surface area contributed by atoms with Crippen LogP contribution >= 0.6 is 24.0 Å². The molecule has 170 valence electrons. The summed E-state index contributed by atoms with van der Waals surface area (Å²) in [4.78, 5) is 17.7. The number of nitrogens with one attached hydrogen (secondary N) is 1. The zero-order valence-electron chi connectivity index (χ0n) is 18.2. The SMILES string of the molecule is CCNC(=NCC(O)c1cc(OC)ccc1OC)N1CCN(c2ncccn2)CC1.I. The van der Waals surface area contributed by atoms with Gasteiger partial charge in [-0.05, 0) is 31.2 Å². The van der Waals surface area contributed by atoms with Crippen molar-refractivity contribution in [1.82, 2.24) is 20.2 Å². The summed E-state index contributed by atoms with van der Waals surface area (Å²) in [6, 6.07) is 7.19. The lowest BCUT2D eigenvalue weighted by Gasteiger charge is -2.36. The van der Waals surface area contributed by atoms with E-state index in [9.17, 15) is 5.11 Å². The highest BCUT2D eigenvalue weighted by atomic mass is 127. The van der Waals surface area contributed by atoms with E-state index in [4.69, 9.17) is 9.47 Å². The van der Waals surface area contributed by atoms with Crippen molar-refractivity contribution in [2.75, 3.05) is 58.4 Å². The van der Waals surface area contributed by atoms with Gasteiger partial charge in [0.15, 0.2) is 5.96 Å². The van der Waals surface area contributed by atoms with Crippen LogP contribution in [0.5, 0.6) is 11.5 Å². The molecule has 1 atom stereocenters. The number of piperazine rings is 1. The highest BCUT2D eigenvalue weighted by Crippen LogP contribution is 2.29. The van der Waals surface area contributed by atoms with E-state index >= 15 is 0 Å². The van der Waals surface area contributed by atoms with Crippen molar-refractivity contribution in [3.8, 4) is 11.5 Å². The number of anilines is 1. The van der Waals surface area contributed by atoms with E-state index in [1.165, 1.54) is 0 Å². The van der Waals surface area contributed by atoms with Gasteiger partial charge in [0.2, 0.25) is 5.95 Å². The van der Waals surface area contributed by atoms with E-state index in [1.807, 2.05) is 13.0 Å². The van der Waals surface area contributed by atoms with Crippen LogP contribution in [0.3, 0.4) is 0 Å². The summed E-state index contributed by atoms with van der Waals surface area (Å²) in [5.41, 5.74) is 0.655. The molecule has 1 fully saturated rings. The molecule has 1 unspecified atom stereocenters. The molecule has 1 aromatic heterocycles. The number of guanidine groups is 1. The average molecular weight is 542 g/mol. The normalized spacial score (nSPS) is 15.2. The highest BCUT2D eigenvalue weighted by molar-refractivity contribution is 14.0. The number of aromatic nitrogens is 2. The Labute approximate surface area is 200 Å². The number of methoxy groups -OCH3 is 2. The number of aliphatic hydroxyl groups is 1. The number of aliphatic hydroxyl groups excluding tert-OH is 1. The van der Waals surface area contributed by atoms with Gasteiger partial charge in [-0.15, -0.1) is 24.0 Å². The third kappa shape index (κ3) is 6.57. The van der Waals surface area contributed by atoms with Crippen LogP contribution < -0.4 is 19.7 Å². The summed E-state index contributed by atoms with van der Waals surface area (Å²) >= 11 is 0. The first-order valence-electron chi connectivity index (χ1n) is 10.1. The minimum absolute atomic E-state index is 0. The predicted octanol–water partition coefficient (Wildman–Crippen LogP) is 1.93. The number of ether oxygens (including phenoxy) is 2. The first-order chi connectivity index (χ1) is 14.7. The van der Waals surface area contributed by atoms with Crippen molar-refractivity contribution in [1.29, 1.82) is 0 Å². The fourth-order valence-electron chi connectivity index (χ4n) is 3.37. The maximum atomic E-state index is 10.7. The largest absolute Gasteiger partial charge is 0.497 e. The second kappa shape index (κ2) is 12.5. The fraction of sp³-hybridized carbons (Fsp3) is 0.476. The van der Waals surface area contributed by atoms with Crippen LogP contribution in [-0.4, -0.2) is 79.4 Å². The quantitative estimate of drug-likeness (QED) is 0.312. The molecular formula is C21H31IN6O3. The molecule has 0 saturated carbocycles. The van der Waals surface area contributed by atoms with Gasteiger partial charge in [0, 0.05) is 50.7 Å². The van der Waals surface area contributed by atoms with Crippen LogP contribution in [0.1, 0.15) is 18.6 Å². The van der Waals surface area contributed by atoms with E-state index in [2.05, 4.69) is 30.1 Å². The Balaban J connectivity index is 0.00000341. The van der Waals surface area contributed by atoms with Crippen LogP contribution in [0.4, 0.5) is 5.95 Å². The monoisotopic (exact) mass is 542 g/mol. The van der Waals surface area contributed by atoms with Crippen LogP contribution in [0, 0.1) is 0 Å². The zero-order valence-corrected chi connectivity index (χ0v) is 20.5. The van der Waals surface area contributed by atoms with Gasteiger partial charge in [0.1, 0.15) is 17.6 Å². The highest BCUT2D eigenvalue weighted by Gasteiger charge is 2.22. The van der Waals surface area contributed by atoms with Crippen molar-refractivity contribution in [3.63, 3.8) is 0 Å². The third-order valence-electron chi connectivity index (χ3n) is 4.96. The molecule has 2 heterocycles. The number of rotatable bonds is 7. The third-order valence-corrected chi connectivity index (χ3v) is 4.96. The molecule has 3 rings (SSSR count). The Kier molecular flexibility index (Phi) is 10.0. The summed E-state index contributed by atoms with van der Waals surface area (Å²) < 4.78 is 10.7. The van der Waals surface area contributed by atoms with E-state index in [0.717, 1.165) is 44.6 Å². The minimum Gasteiger partial charge on any atom is -0.497 e. The summed E-state index contributed by atoms with van der Waals surface area (Å²) in [7, 11) is 3.18. The number of halogens is 1. The first kappa shape index (κ1) is 24.9. The van der Waals surface area contributed by atoms with E-state index in [-0.39, 0.29) is 30.5 Å². The van der Waals surface area contributed by atoms with Crippen LogP contribution in [0.25, 0.3) is 0 Å². The molecule has 2 N–H and O–H groups in total. The Morgan fingerprint density at radius 1 is 1.16 bits per heavy atom. The maximum Gasteiger partial charge on any atom is 0.225 e. The Morgan fingerprint density at radius 2 is 1.87 bits per heavy atom. The lowest BCUT2D eigenvalue weighted by atomic mass is 10.1. The van der Waals surface area contributed by atoms with Gasteiger partial charge >= 0.3 is 0 Å². The van der Waals surface area contributed by atoms with Gasteiger partial charge in [0.05, 0.1) is 20.8 Å². The second-order valence-electron chi connectivity index (χ2n) is 6.84. The number of nitrogens with zero attached hydrogens (tertiary/aromatic N) is 5. The second-order valence-corrected chi connectivity index (χ2v) is 6.84. The molecule has 0 aliphatic carbocycles. The Bertz CT molecular complexity index is 831. The van der Waals surface area contributed by atoms with E-state index in [0.29, 0.717) is 17.1 Å². The van der Waals surface area contributed by atoms with E-state index in [1.54, 1.807) is 44.8 Å². The van der Waals surface area contributed by atoms with Gasteiger partial charge < -0.3 is 29.7 Å². The van der Waals surface area contributed by atoms with E-state index < -0.39 is 6.10 Å². The molecule has 2 aromatic rings. The predicted molar refractivity (Wildman–Crippen MR) is 132 cm³/mol. The fourth-order valence-corrected chi connectivity index (χ4v) is 3.37. The average Bonchev–Trinajstić information content (AvgIpc) is 2.81. The zero-order chi connectivity index (χ0) is 21.3. The summed E-state index contributed by atoms with van der Waals surface area (Å²) in [5.74, 6) is 2.81. The van der Waals surface area contributed by atoms with Crippen molar-refractivity contribution in [3.05, 3.63) is 42.2 Å². The van der Waals surface area contributed by atoms with Crippen molar-refractivity contribution in [2.45, 2.75) is 13.0 Å². The molecule has 9 nitrogen and oxygen atoms in total. The number of aliphatic imine (C=N–C) groups is 1. The van der Waals surface area contributed by atoms with Crippen molar-refractivity contribution >= 4 is 35.9 Å². The molecule has 0 spiro atoms. The van der Waals surface area contributed by atoms with Gasteiger partial charge in [-0.25, -0.2) is 9.97 Å². The molecule has 1 saturated heterocycles. The molecule has 1 aromatic carbocycles. The van der Waals surface area contributed by atoms with Gasteiger partial charge in [-0.2, -0.15) is 0 Å². The Morgan fingerprint density at radius 3 is 2.48 bits per heavy atom. The topological polar surface area (TPSA) is 95.3 Å². The van der Waals surface area contributed by atoms with Gasteiger partial charge in [-0.3, -0.25) is 4.99 Å².